The first kappa shape index (κ1) is 21.6. The average Bonchev–Trinajstić information content (AvgIpc) is 2.98. The zero-order chi connectivity index (χ0) is 21.8. The monoisotopic (exact) mass is 429 g/mol. The number of methoxy groups -OCH3 is 1. The number of nitrogens with zero attached hydrogens (tertiary/aromatic N) is 3. The summed E-state index contributed by atoms with van der Waals surface area (Å²) < 4.78 is 32.0. The predicted molar refractivity (Wildman–Crippen MR) is 116 cm³/mol. The molecule has 0 spiro atoms. The summed E-state index contributed by atoms with van der Waals surface area (Å²) in [6.45, 7) is 4.76. The maximum Gasteiger partial charge on any atom is 0.222 e. The van der Waals surface area contributed by atoms with Gasteiger partial charge >= 0.3 is 0 Å². The fraction of sp³-hybridized carbons (Fsp3) is 0.458. The van der Waals surface area contributed by atoms with Gasteiger partial charge in [-0.15, -0.1) is 0 Å². The van der Waals surface area contributed by atoms with E-state index in [2.05, 4.69) is 21.9 Å². The van der Waals surface area contributed by atoms with Gasteiger partial charge in [0.15, 0.2) is 11.6 Å². The molecule has 0 aromatic heterocycles. The highest BCUT2D eigenvalue weighted by Gasteiger charge is 2.29. The molecular formula is C24H29F2N3O2. The van der Waals surface area contributed by atoms with E-state index in [9.17, 15) is 13.6 Å². The van der Waals surface area contributed by atoms with Crippen LogP contribution in [0.5, 0.6) is 5.75 Å². The highest BCUT2D eigenvalue weighted by Crippen LogP contribution is 2.25. The minimum atomic E-state index is -0.869. The van der Waals surface area contributed by atoms with Gasteiger partial charge in [-0.25, -0.2) is 8.78 Å². The minimum absolute atomic E-state index is 0.0854. The maximum atomic E-state index is 13.5. The lowest BCUT2D eigenvalue weighted by Crippen LogP contribution is -2.50. The second-order valence-corrected chi connectivity index (χ2v) is 8.27. The van der Waals surface area contributed by atoms with Gasteiger partial charge in [0.05, 0.1) is 7.11 Å². The van der Waals surface area contributed by atoms with Crippen molar-refractivity contribution in [1.82, 2.24) is 9.80 Å². The van der Waals surface area contributed by atoms with Crippen molar-refractivity contribution in [2.45, 2.75) is 31.8 Å². The molecule has 1 unspecified atom stereocenters. The number of hydrogen-bond acceptors (Lipinski definition) is 4. The zero-order valence-electron chi connectivity index (χ0n) is 17.9. The van der Waals surface area contributed by atoms with Crippen molar-refractivity contribution >= 4 is 11.6 Å². The second kappa shape index (κ2) is 9.64. The largest absolute Gasteiger partial charge is 0.497 e. The van der Waals surface area contributed by atoms with E-state index in [1.54, 1.807) is 18.1 Å². The summed E-state index contributed by atoms with van der Waals surface area (Å²) in [6.07, 6.45) is 2.23. The Morgan fingerprint density at radius 3 is 2.52 bits per heavy atom. The normalized spacial score (nSPS) is 20.6. The number of carbonyl (C=O) groups excluding carboxylic acids is 1. The first-order chi connectivity index (χ1) is 15.0. The third-order valence-electron chi connectivity index (χ3n) is 6.38. The predicted octanol–water partition coefficient (Wildman–Crippen LogP) is 3.68. The molecule has 2 aliphatic heterocycles. The van der Waals surface area contributed by atoms with Crippen LogP contribution in [0.15, 0.2) is 42.5 Å². The first-order valence-electron chi connectivity index (χ1n) is 10.9. The van der Waals surface area contributed by atoms with Crippen LogP contribution < -0.4 is 9.64 Å². The smallest absolute Gasteiger partial charge is 0.222 e. The molecule has 0 radical (unpaired) electrons. The Balaban J connectivity index is 1.32. The molecule has 2 aromatic carbocycles. The van der Waals surface area contributed by atoms with E-state index >= 15 is 0 Å². The number of benzene rings is 2. The summed E-state index contributed by atoms with van der Waals surface area (Å²) in [7, 11) is 1.68. The maximum absolute atomic E-state index is 13.5. The van der Waals surface area contributed by atoms with Crippen molar-refractivity contribution in [3.05, 3.63) is 59.7 Å². The molecule has 0 N–H and O–H groups in total. The number of piperazine rings is 1. The molecule has 166 valence electrons. The second-order valence-electron chi connectivity index (χ2n) is 8.27. The van der Waals surface area contributed by atoms with Crippen LogP contribution in [0.1, 0.15) is 24.8 Å². The number of likely N-dealkylation sites (tertiary alicyclic amines) is 1. The highest BCUT2D eigenvalue weighted by atomic mass is 19.2. The summed E-state index contributed by atoms with van der Waals surface area (Å²) in [5.74, 6) is -0.781. The van der Waals surface area contributed by atoms with E-state index in [1.807, 2.05) is 12.1 Å². The van der Waals surface area contributed by atoms with Crippen LogP contribution in [-0.4, -0.2) is 61.6 Å². The molecule has 2 fully saturated rings. The van der Waals surface area contributed by atoms with Crippen molar-refractivity contribution < 1.29 is 18.3 Å². The standard InChI is InChI=1S/C24H29F2N3O2/c1-31-21-4-2-3-20(16-21)28-13-11-27(12-14-28)19-6-8-24(30)29(10-9-19)17-18-5-7-22(25)23(26)15-18/h2-5,7,15-16,19H,6,8-14,17H2,1H3. The molecule has 0 aliphatic carbocycles. The van der Waals surface area contributed by atoms with Gasteiger partial charge in [0.25, 0.3) is 0 Å². The summed E-state index contributed by atoms with van der Waals surface area (Å²) in [6, 6.07) is 12.4. The van der Waals surface area contributed by atoms with Crippen molar-refractivity contribution in [2.24, 2.45) is 0 Å². The Hall–Kier alpha value is -2.67. The molecule has 4 rings (SSSR count). The van der Waals surface area contributed by atoms with Crippen LogP contribution in [0.4, 0.5) is 14.5 Å². The van der Waals surface area contributed by atoms with Crippen LogP contribution >= 0.6 is 0 Å². The van der Waals surface area contributed by atoms with E-state index < -0.39 is 11.6 Å². The fourth-order valence-corrected chi connectivity index (χ4v) is 4.57. The fourth-order valence-electron chi connectivity index (χ4n) is 4.57. The SMILES string of the molecule is COc1cccc(N2CCN(C3CCC(=O)N(Cc4ccc(F)c(F)c4)CC3)CC2)c1. The lowest BCUT2D eigenvalue weighted by atomic mass is 10.1. The van der Waals surface area contributed by atoms with Crippen LogP contribution in [0, 0.1) is 11.6 Å². The number of halogens is 2. The Morgan fingerprint density at radius 2 is 1.77 bits per heavy atom. The van der Waals surface area contributed by atoms with Gasteiger partial charge in [-0.05, 0) is 42.7 Å². The Kier molecular flexibility index (Phi) is 6.70. The summed E-state index contributed by atoms with van der Waals surface area (Å²) in [4.78, 5) is 19.3. The third kappa shape index (κ3) is 5.15. The molecule has 0 bridgehead atoms. The van der Waals surface area contributed by atoms with Gasteiger partial charge in [-0.2, -0.15) is 0 Å². The summed E-state index contributed by atoms with van der Waals surface area (Å²) >= 11 is 0. The number of rotatable bonds is 5. The molecule has 31 heavy (non-hydrogen) atoms. The Labute approximate surface area is 182 Å². The summed E-state index contributed by atoms with van der Waals surface area (Å²) in [5.41, 5.74) is 1.80. The van der Waals surface area contributed by atoms with Crippen molar-refractivity contribution in [3.8, 4) is 5.75 Å². The number of anilines is 1. The first-order valence-corrected chi connectivity index (χ1v) is 10.9. The van der Waals surface area contributed by atoms with Gasteiger partial charge in [-0.3, -0.25) is 9.69 Å². The lowest BCUT2D eigenvalue weighted by molar-refractivity contribution is -0.131. The van der Waals surface area contributed by atoms with Gasteiger partial charge in [-0.1, -0.05) is 12.1 Å². The summed E-state index contributed by atoms with van der Waals surface area (Å²) in [5, 5.41) is 0. The molecule has 2 saturated heterocycles. The average molecular weight is 430 g/mol. The van der Waals surface area contributed by atoms with E-state index in [-0.39, 0.29) is 5.91 Å². The van der Waals surface area contributed by atoms with E-state index in [1.165, 1.54) is 11.8 Å². The van der Waals surface area contributed by atoms with Gasteiger partial charge in [0, 0.05) is 63.5 Å². The molecule has 1 atom stereocenters. The third-order valence-corrected chi connectivity index (χ3v) is 6.38. The molecule has 0 saturated carbocycles. The van der Waals surface area contributed by atoms with Crippen LogP contribution in [0.2, 0.25) is 0 Å². The molecule has 2 aromatic rings. The highest BCUT2D eigenvalue weighted by molar-refractivity contribution is 5.76. The van der Waals surface area contributed by atoms with Crippen LogP contribution in [-0.2, 0) is 11.3 Å². The number of carbonyl (C=O) groups is 1. The number of hydrogen-bond donors (Lipinski definition) is 0. The zero-order valence-corrected chi connectivity index (χ0v) is 17.9. The molecule has 1 amide bonds. The van der Waals surface area contributed by atoms with Crippen molar-refractivity contribution in [3.63, 3.8) is 0 Å². The molecular weight excluding hydrogens is 400 g/mol. The lowest BCUT2D eigenvalue weighted by Gasteiger charge is -2.40. The topological polar surface area (TPSA) is 36.0 Å². The van der Waals surface area contributed by atoms with Crippen molar-refractivity contribution in [2.75, 3.05) is 44.7 Å². The van der Waals surface area contributed by atoms with Gasteiger partial charge < -0.3 is 14.5 Å². The Morgan fingerprint density at radius 1 is 0.968 bits per heavy atom. The van der Waals surface area contributed by atoms with E-state index in [0.717, 1.165) is 50.8 Å². The molecule has 5 nitrogen and oxygen atoms in total. The van der Waals surface area contributed by atoms with Gasteiger partial charge in [0.1, 0.15) is 5.75 Å². The molecule has 7 heteroatoms. The number of amides is 1. The quantitative estimate of drug-likeness (QED) is 0.727. The Bertz CT molecular complexity index is 915. The van der Waals surface area contributed by atoms with Crippen LogP contribution in [0.25, 0.3) is 0 Å². The number of ether oxygens (including phenoxy) is 1. The molecule has 2 aliphatic rings. The van der Waals surface area contributed by atoms with Gasteiger partial charge in [0.2, 0.25) is 5.91 Å². The van der Waals surface area contributed by atoms with Crippen LogP contribution in [0.3, 0.4) is 0 Å². The minimum Gasteiger partial charge on any atom is -0.497 e. The van der Waals surface area contributed by atoms with E-state index in [4.69, 9.17) is 4.74 Å². The van der Waals surface area contributed by atoms with E-state index in [0.29, 0.717) is 31.1 Å². The molecule has 2 heterocycles. The van der Waals surface area contributed by atoms with Crippen molar-refractivity contribution in [1.29, 1.82) is 0 Å².